The number of hydrogen-bond acceptors (Lipinski definition) is 5. The van der Waals surface area contributed by atoms with Gasteiger partial charge in [-0.15, -0.1) is 0 Å². The van der Waals surface area contributed by atoms with Gasteiger partial charge in [-0.3, -0.25) is 14.9 Å². The number of carbonyl (C=O) groups excluding carboxylic acids is 2. The molecule has 2 aromatic carbocycles. The third kappa shape index (κ3) is 5.31. The molecule has 7 heteroatoms. The number of ether oxygens (including phenoxy) is 1. The molecule has 0 bridgehead atoms. The van der Waals surface area contributed by atoms with Crippen molar-refractivity contribution in [3.8, 4) is 5.75 Å². The molecule has 0 radical (unpaired) electrons. The second kappa shape index (κ2) is 8.84. The van der Waals surface area contributed by atoms with Gasteiger partial charge in [-0.05, 0) is 36.2 Å². The molecule has 7 nitrogen and oxygen atoms in total. The number of benzene rings is 2. The predicted molar refractivity (Wildman–Crippen MR) is 104 cm³/mol. The molecule has 0 saturated heterocycles. The summed E-state index contributed by atoms with van der Waals surface area (Å²) < 4.78 is 5.11. The van der Waals surface area contributed by atoms with Crippen LogP contribution in [0.5, 0.6) is 5.75 Å². The standard InChI is InChI=1S/C20H22N4O3/c1-27-16-9-7-15(8-10-16)22-20-23-17(19(26)24-20)13-18(25)21-12-11-14-5-3-2-4-6-14/h2-10,17H,11-13H2,1H3,(H,21,25)(H2,22,23,24,26)/t17-/m0/s1. The molecule has 0 spiro atoms. The summed E-state index contributed by atoms with van der Waals surface area (Å²) in [6.07, 6.45) is 0.769. The van der Waals surface area contributed by atoms with Crippen LogP contribution in [0.4, 0.5) is 5.69 Å². The Balaban J connectivity index is 1.47. The number of nitrogens with one attached hydrogen (secondary N) is 3. The van der Waals surface area contributed by atoms with Gasteiger partial charge in [0.25, 0.3) is 5.91 Å². The number of rotatable bonds is 7. The minimum absolute atomic E-state index is 0.0222. The minimum atomic E-state index is -0.720. The van der Waals surface area contributed by atoms with Crippen LogP contribution in [0.3, 0.4) is 0 Å². The fraction of sp³-hybridized carbons (Fsp3) is 0.250. The second-order valence-electron chi connectivity index (χ2n) is 6.13. The van der Waals surface area contributed by atoms with E-state index in [-0.39, 0.29) is 18.2 Å². The molecule has 2 amide bonds. The van der Waals surface area contributed by atoms with Crippen molar-refractivity contribution in [2.24, 2.45) is 4.99 Å². The second-order valence-corrected chi connectivity index (χ2v) is 6.13. The van der Waals surface area contributed by atoms with Crippen LogP contribution in [0.2, 0.25) is 0 Å². The van der Waals surface area contributed by atoms with E-state index in [9.17, 15) is 9.59 Å². The van der Waals surface area contributed by atoms with E-state index in [0.717, 1.165) is 23.4 Å². The van der Waals surface area contributed by atoms with Gasteiger partial charge in [0.2, 0.25) is 11.9 Å². The van der Waals surface area contributed by atoms with Crippen molar-refractivity contribution in [1.29, 1.82) is 0 Å². The summed E-state index contributed by atoms with van der Waals surface area (Å²) in [5.41, 5.74) is 1.92. The summed E-state index contributed by atoms with van der Waals surface area (Å²) >= 11 is 0. The molecule has 140 valence electrons. The zero-order chi connectivity index (χ0) is 19.1. The Morgan fingerprint density at radius 1 is 1.15 bits per heavy atom. The Morgan fingerprint density at radius 2 is 1.89 bits per heavy atom. The van der Waals surface area contributed by atoms with E-state index in [1.165, 1.54) is 0 Å². The third-order valence-electron chi connectivity index (χ3n) is 4.14. The van der Waals surface area contributed by atoms with Gasteiger partial charge in [0.1, 0.15) is 11.8 Å². The van der Waals surface area contributed by atoms with Gasteiger partial charge in [0.15, 0.2) is 0 Å². The monoisotopic (exact) mass is 366 g/mol. The van der Waals surface area contributed by atoms with Crippen LogP contribution < -0.4 is 20.7 Å². The molecule has 0 unspecified atom stereocenters. The first kappa shape index (κ1) is 18.4. The molecule has 1 aliphatic rings. The van der Waals surface area contributed by atoms with E-state index in [1.807, 2.05) is 42.5 Å². The van der Waals surface area contributed by atoms with Crippen molar-refractivity contribution < 1.29 is 14.3 Å². The summed E-state index contributed by atoms with van der Waals surface area (Å²) in [6.45, 7) is 0.526. The number of hydrogen-bond donors (Lipinski definition) is 3. The summed E-state index contributed by atoms with van der Waals surface area (Å²) in [7, 11) is 1.60. The number of carbonyl (C=O) groups is 2. The molecule has 0 aliphatic carbocycles. The van der Waals surface area contributed by atoms with E-state index in [1.54, 1.807) is 19.2 Å². The number of methoxy groups -OCH3 is 1. The molecular weight excluding hydrogens is 344 g/mol. The van der Waals surface area contributed by atoms with Crippen molar-refractivity contribution in [1.82, 2.24) is 10.6 Å². The molecule has 1 heterocycles. The molecule has 2 aromatic rings. The highest BCUT2D eigenvalue weighted by Crippen LogP contribution is 2.16. The number of amides is 2. The zero-order valence-electron chi connectivity index (χ0n) is 15.1. The van der Waals surface area contributed by atoms with Gasteiger partial charge in [-0.25, -0.2) is 4.99 Å². The van der Waals surface area contributed by atoms with Crippen LogP contribution in [0, 0.1) is 0 Å². The molecule has 3 rings (SSSR count). The van der Waals surface area contributed by atoms with E-state index in [4.69, 9.17) is 4.74 Å². The number of aliphatic imine (C=N–C) groups is 1. The molecule has 1 atom stereocenters. The molecular formula is C20H22N4O3. The van der Waals surface area contributed by atoms with Crippen molar-refractivity contribution >= 4 is 23.5 Å². The highest BCUT2D eigenvalue weighted by atomic mass is 16.5. The largest absolute Gasteiger partial charge is 0.497 e. The molecule has 0 fully saturated rings. The maximum atomic E-state index is 12.1. The number of guanidine groups is 1. The van der Waals surface area contributed by atoms with Gasteiger partial charge >= 0.3 is 0 Å². The quantitative estimate of drug-likeness (QED) is 0.696. The van der Waals surface area contributed by atoms with Gasteiger partial charge in [0, 0.05) is 12.2 Å². The lowest BCUT2D eigenvalue weighted by molar-refractivity contribution is -0.126. The average molecular weight is 366 g/mol. The van der Waals surface area contributed by atoms with Gasteiger partial charge < -0.3 is 15.4 Å². The summed E-state index contributed by atoms with van der Waals surface area (Å²) in [5.74, 6) is 0.597. The van der Waals surface area contributed by atoms with Crippen LogP contribution in [0.15, 0.2) is 59.6 Å². The van der Waals surface area contributed by atoms with E-state index in [0.29, 0.717) is 12.5 Å². The highest BCUT2D eigenvalue weighted by molar-refractivity contribution is 6.11. The fourth-order valence-electron chi connectivity index (χ4n) is 2.70. The first-order valence-electron chi connectivity index (χ1n) is 8.74. The van der Waals surface area contributed by atoms with Crippen LogP contribution in [0.25, 0.3) is 0 Å². The summed E-state index contributed by atoms with van der Waals surface area (Å²) in [5, 5.41) is 8.51. The zero-order valence-corrected chi connectivity index (χ0v) is 15.1. The van der Waals surface area contributed by atoms with E-state index < -0.39 is 6.04 Å². The highest BCUT2D eigenvalue weighted by Gasteiger charge is 2.28. The van der Waals surface area contributed by atoms with Gasteiger partial charge in [-0.1, -0.05) is 30.3 Å². The Labute approximate surface area is 157 Å². The Kier molecular flexibility index (Phi) is 6.04. The van der Waals surface area contributed by atoms with Crippen LogP contribution >= 0.6 is 0 Å². The van der Waals surface area contributed by atoms with Gasteiger partial charge in [0.05, 0.1) is 13.5 Å². The third-order valence-corrected chi connectivity index (χ3v) is 4.14. The lowest BCUT2D eigenvalue weighted by atomic mass is 10.1. The van der Waals surface area contributed by atoms with Crippen molar-refractivity contribution in [3.05, 3.63) is 60.2 Å². The predicted octanol–water partition coefficient (Wildman–Crippen LogP) is 1.71. The average Bonchev–Trinajstić information content (AvgIpc) is 3.02. The summed E-state index contributed by atoms with van der Waals surface area (Å²) in [4.78, 5) is 28.4. The molecule has 1 aliphatic heterocycles. The molecule has 0 aromatic heterocycles. The molecule has 27 heavy (non-hydrogen) atoms. The topological polar surface area (TPSA) is 91.8 Å². The smallest absolute Gasteiger partial charge is 0.252 e. The Hall–Kier alpha value is -3.35. The van der Waals surface area contributed by atoms with Gasteiger partial charge in [-0.2, -0.15) is 0 Å². The minimum Gasteiger partial charge on any atom is -0.497 e. The van der Waals surface area contributed by atoms with Crippen LogP contribution in [-0.2, 0) is 16.0 Å². The Bertz CT molecular complexity index is 819. The van der Waals surface area contributed by atoms with Crippen LogP contribution in [0.1, 0.15) is 12.0 Å². The lowest BCUT2D eigenvalue weighted by Crippen LogP contribution is -2.35. The fourth-order valence-corrected chi connectivity index (χ4v) is 2.70. The SMILES string of the molecule is COc1ccc(NC2=N[C@@H](CC(=O)NCCc3ccccc3)C(=O)N2)cc1. The van der Waals surface area contributed by atoms with E-state index >= 15 is 0 Å². The summed E-state index contributed by atoms with van der Waals surface area (Å²) in [6, 6.07) is 16.4. The maximum Gasteiger partial charge on any atom is 0.252 e. The van der Waals surface area contributed by atoms with Crippen molar-refractivity contribution in [2.45, 2.75) is 18.9 Å². The first-order chi connectivity index (χ1) is 13.1. The molecule has 3 N–H and O–H groups in total. The van der Waals surface area contributed by atoms with Crippen LogP contribution in [-0.4, -0.2) is 37.5 Å². The number of nitrogens with zero attached hydrogens (tertiary/aromatic N) is 1. The van der Waals surface area contributed by atoms with Crippen molar-refractivity contribution in [3.63, 3.8) is 0 Å². The normalized spacial score (nSPS) is 15.7. The van der Waals surface area contributed by atoms with Crippen molar-refractivity contribution in [2.75, 3.05) is 19.0 Å². The Morgan fingerprint density at radius 3 is 2.59 bits per heavy atom. The number of anilines is 1. The first-order valence-corrected chi connectivity index (χ1v) is 8.74. The molecule has 0 saturated carbocycles. The maximum absolute atomic E-state index is 12.1. The lowest BCUT2D eigenvalue weighted by Gasteiger charge is -2.07. The van der Waals surface area contributed by atoms with E-state index in [2.05, 4.69) is 20.9 Å².